The van der Waals surface area contributed by atoms with Gasteiger partial charge in [0.15, 0.2) is 5.69 Å². The van der Waals surface area contributed by atoms with Crippen LogP contribution < -0.4 is 30.3 Å². The maximum atomic E-state index is 14.7. The molecular formula is C43H44Cl2N6O5Si. The summed E-state index contributed by atoms with van der Waals surface area (Å²) in [6.45, 7) is 7.72. The topological polar surface area (TPSA) is 114 Å². The van der Waals surface area contributed by atoms with E-state index in [9.17, 15) is 9.59 Å². The van der Waals surface area contributed by atoms with E-state index in [0.717, 1.165) is 5.56 Å². The SMILES string of the molecule is COc1ncc(-c2nc3c(n2CCCCO[Si](c2ccccc2)(c2ccccc2)C(C)(C)C)C(c2ccc(Cl)cc2)N(c2cc(Cl)cn(C)c2=O)C3=O)c(OC)n1. The summed E-state index contributed by atoms with van der Waals surface area (Å²) in [7, 11) is 1.82. The largest absolute Gasteiger partial charge is 0.480 e. The Kier molecular flexibility index (Phi) is 11.4. The lowest BCUT2D eigenvalue weighted by atomic mass is 10.0. The molecule has 0 radical (unpaired) electrons. The van der Waals surface area contributed by atoms with Crippen molar-refractivity contribution in [3.63, 3.8) is 0 Å². The second-order valence-corrected chi connectivity index (χ2v) is 20.1. The van der Waals surface area contributed by atoms with E-state index in [2.05, 4.69) is 79.3 Å². The first-order valence-electron chi connectivity index (χ1n) is 18.7. The van der Waals surface area contributed by atoms with Crippen LogP contribution in [0.4, 0.5) is 5.69 Å². The molecule has 1 amide bonds. The fourth-order valence-electron chi connectivity index (χ4n) is 7.83. The number of fused-ring (bicyclic) bond motifs is 1. The number of amides is 1. The Labute approximate surface area is 342 Å². The minimum atomic E-state index is -2.77. The molecule has 4 heterocycles. The quantitative estimate of drug-likeness (QED) is 0.0872. The first kappa shape index (κ1) is 39.9. The molecule has 0 spiro atoms. The van der Waals surface area contributed by atoms with Gasteiger partial charge in [-0.15, -0.1) is 0 Å². The summed E-state index contributed by atoms with van der Waals surface area (Å²) in [4.78, 5) is 43.6. The van der Waals surface area contributed by atoms with Crippen molar-refractivity contribution in [2.75, 3.05) is 25.7 Å². The van der Waals surface area contributed by atoms with Crippen molar-refractivity contribution in [3.05, 3.63) is 141 Å². The van der Waals surface area contributed by atoms with Gasteiger partial charge >= 0.3 is 6.01 Å². The number of benzene rings is 3. The van der Waals surface area contributed by atoms with Crippen LogP contribution in [0.25, 0.3) is 11.4 Å². The van der Waals surface area contributed by atoms with Gasteiger partial charge in [-0.05, 0) is 52.0 Å². The average molecular weight is 824 g/mol. The molecule has 0 bridgehead atoms. The van der Waals surface area contributed by atoms with Crippen molar-refractivity contribution in [1.29, 1.82) is 0 Å². The summed E-state index contributed by atoms with van der Waals surface area (Å²) >= 11 is 12.9. The molecule has 3 aromatic heterocycles. The Balaban J connectivity index is 1.31. The maximum Gasteiger partial charge on any atom is 0.319 e. The van der Waals surface area contributed by atoms with Crippen molar-refractivity contribution in [2.24, 2.45) is 7.05 Å². The van der Waals surface area contributed by atoms with Gasteiger partial charge in [0.05, 0.1) is 30.5 Å². The van der Waals surface area contributed by atoms with Gasteiger partial charge in [-0.2, -0.15) is 4.98 Å². The lowest BCUT2D eigenvalue weighted by Gasteiger charge is -2.43. The van der Waals surface area contributed by atoms with Crippen molar-refractivity contribution < 1.29 is 18.7 Å². The minimum Gasteiger partial charge on any atom is -0.480 e. The number of ether oxygens (including phenoxy) is 2. The van der Waals surface area contributed by atoms with Crippen LogP contribution in [0.15, 0.2) is 108 Å². The molecule has 57 heavy (non-hydrogen) atoms. The van der Waals surface area contributed by atoms with Gasteiger partial charge in [0.1, 0.15) is 17.6 Å². The van der Waals surface area contributed by atoms with Crippen molar-refractivity contribution >= 4 is 53.5 Å². The van der Waals surface area contributed by atoms with Crippen molar-refractivity contribution in [2.45, 2.75) is 51.2 Å². The summed E-state index contributed by atoms with van der Waals surface area (Å²) < 4.78 is 21.6. The van der Waals surface area contributed by atoms with Gasteiger partial charge < -0.3 is 23.0 Å². The number of aryl methyl sites for hydroxylation is 1. The van der Waals surface area contributed by atoms with Crippen molar-refractivity contribution in [1.82, 2.24) is 24.1 Å². The second kappa shape index (κ2) is 16.3. The molecule has 294 valence electrons. The molecule has 1 aliphatic heterocycles. The van der Waals surface area contributed by atoms with Crippen LogP contribution in [0.2, 0.25) is 15.1 Å². The molecule has 0 saturated carbocycles. The van der Waals surface area contributed by atoms with Gasteiger partial charge in [-0.25, -0.2) is 9.97 Å². The number of imidazole rings is 1. The number of carbonyl (C=O) groups excluding carboxylic acids is 1. The number of unbranched alkanes of at least 4 members (excludes halogenated alkanes) is 1. The zero-order valence-corrected chi connectivity index (χ0v) is 35.2. The van der Waals surface area contributed by atoms with Crippen LogP contribution in [0.5, 0.6) is 11.9 Å². The Morgan fingerprint density at radius 2 is 1.47 bits per heavy atom. The molecule has 14 heteroatoms. The zero-order valence-electron chi connectivity index (χ0n) is 32.7. The number of hydrogen-bond donors (Lipinski definition) is 0. The molecule has 0 aliphatic carbocycles. The Morgan fingerprint density at radius 1 is 0.825 bits per heavy atom. The number of nitrogens with zero attached hydrogens (tertiary/aromatic N) is 6. The molecule has 0 fully saturated rings. The predicted octanol–water partition coefficient (Wildman–Crippen LogP) is 7.47. The van der Waals surface area contributed by atoms with E-state index in [1.807, 2.05) is 28.8 Å². The molecule has 1 atom stereocenters. The third kappa shape index (κ3) is 7.38. The number of carbonyl (C=O) groups is 1. The summed E-state index contributed by atoms with van der Waals surface area (Å²) in [6, 6.07) is 29.2. The lowest BCUT2D eigenvalue weighted by molar-refractivity contribution is 0.0989. The normalized spacial score (nSPS) is 14.2. The number of anilines is 1. The van der Waals surface area contributed by atoms with E-state index in [1.165, 1.54) is 46.3 Å². The van der Waals surface area contributed by atoms with Gasteiger partial charge in [0.25, 0.3) is 19.8 Å². The molecule has 0 N–H and O–H groups in total. The predicted molar refractivity (Wildman–Crippen MR) is 226 cm³/mol. The molecule has 6 aromatic rings. The molecule has 1 unspecified atom stereocenters. The number of halogens is 2. The zero-order chi connectivity index (χ0) is 40.5. The number of pyridine rings is 1. The molecule has 11 nitrogen and oxygen atoms in total. The van der Waals surface area contributed by atoms with Crippen LogP contribution in [0, 0.1) is 0 Å². The van der Waals surface area contributed by atoms with E-state index in [0.29, 0.717) is 53.1 Å². The fraction of sp³-hybridized carbons (Fsp3) is 0.279. The van der Waals surface area contributed by atoms with Gasteiger partial charge in [0, 0.05) is 37.6 Å². The lowest BCUT2D eigenvalue weighted by Crippen LogP contribution is -2.66. The highest BCUT2D eigenvalue weighted by molar-refractivity contribution is 6.99. The first-order chi connectivity index (χ1) is 27.4. The highest BCUT2D eigenvalue weighted by Gasteiger charge is 2.50. The van der Waals surface area contributed by atoms with Crippen LogP contribution in [-0.2, 0) is 18.0 Å². The molecule has 0 saturated heterocycles. The smallest absolute Gasteiger partial charge is 0.319 e. The van der Waals surface area contributed by atoms with Crippen LogP contribution in [-0.4, -0.2) is 59.1 Å². The molecular weight excluding hydrogens is 780 g/mol. The summed E-state index contributed by atoms with van der Waals surface area (Å²) in [5.74, 6) is 0.226. The van der Waals surface area contributed by atoms with E-state index in [4.69, 9.17) is 42.1 Å². The van der Waals surface area contributed by atoms with E-state index < -0.39 is 20.3 Å². The number of hydrogen-bond acceptors (Lipinski definition) is 8. The van der Waals surface area contributed by atoms with Crippen LogP contribution in [0.1, 0.15) is 61.4 Å². The number of methoxy groups -OCH3 is 2. The average Bonchev–Trinajstić information content (AvgIpc) is 3.71. The monoisotopic (exact) mass is 822 g/mol. The fourth-order valence-corrected chi connectivity index (χ4v) is 12.8. The standard InChI is InChI=1S/C43H44Cl2N6O5Si/c1-43(2,3)57(31-15-9-7-10-16-31,32-17-11-8-12-18-32)56-24-14-13-23-50-37-35(47-38(50)33-26-46-42(55-6)48-39(33)54-5)41(53)51(34-25-30(45)27-49(4)40(34)52)36(37)28-19-21-29(44)22-20-28/h7-12,15-22,25-27,36H,13-14,23-24H2,1-6H3. The first-order valence-corrected chi connectivity index (χ1v) is 21.3. The van der Waals surface area contributed by atoms with Crippen LogP contribution >= 0.6 is 23.2 Å². The third-order valence-corrected chi connectivity index (χ3v) is 15.9. The van der Waals surface area contributed by atoms with Gasteiger partial charge in [-0.3, -0.25) is 14.5 Å². The van der Waals surface area contributed by atoms with Gasteiger partial charge in [-0.1, -0.05) is 117 Å². The highest BCUT2D eigenvalue weighted by atomic mass is 35.5. The summed E-state index contributed by atoms with van der Waals surface area (Å²) in [5, 5.41) is 3.09. The Morgan fingerprint density at radius 3 is 2.07 bits per heavy atom. The van der Waals surface area contributed by atoms with E-state index in [1.54, 1.807) is 25.4 Å². The van der Waals surface area contributed by atoms with E-state index in [-0.39, 0.29) is 33.9 Å². The molecule has 7 rings (SSSR count). The van der Waals surface area contributed by atoms with E-state index >= 15 is 0 Å². The molecule has 3 aromatic carbocycles. The minimum absolute atomic E-state index is 0.125. The maximum absolute atomic E-state index is 14.7. The highest BCUT2D eigenvalue weighted by Crippen LogP contribution is 2.44. The van der Waals surface area contributed by atoms with Crippen LogP contribution in [0.3, 0.4) is 0 Å². The summed E-state index contributed by atoms with van der Waals surface area (Å²) in [6.07, 6.45) is 4.45. The number of aromatic nitrogens is 5. The number of rotatable bonds is 13. The summed E-state index contributed by atoms with van der Waals surface area (Å²) in [5.41, 5.74) is 1.75. The Bertz CT molecular complexity index is 2410. The molecule has 1 aliphatic rings. The second-order valence-electron chi connectivity index (χ2n) is 14.9. The van der Waals surface area contributed by atoms with Gasteiger partial charge in [0.2, 0.25) is 5.88 Å². The third-order valence-electron chi connectivity index (χ3n) is 10.4. The van der Waals surface area contributed by atoms with Crippen molar-refractivity contribution in [3.8, 4) is 23.3 Å². The Hall–Kier alpha value is -5.27.